The Labute approximate surface area is 178 Å². The fourth-order valence-electron chi connectivity index (χ4n) is 4.82. The van der Waals surface area contributed by atoms with Gasteiger partial charge >= 0.3 is 6.09 Å². The molecule has 2 aromatic rings. The zero-order valence-corrected chi connectivity index (χ0v) is 16.8. The summed E-state index contributed by atoms with van der Waals surface area (Å²) in [5.74, 6) is -0.256. The van der Waals surface area contributed by atoms with E-state index in [1.165, 1.54) is 17.9 Å². The molecular formula is C22H20FN5O3. The third-order valence-electron chi connectivity index (χ3n) is 6.40. The minimum atomic E-state index is -0.769. The number of nitrogens with one attached hydrogen (secondary N) is 2. The van der Waals surface area contributed by atoms with Crippen molar-refractivity contribution >= 4 is 17.7 Å². The molecule has 1 unspecified atom stereocenters. The molecule has 2 saturated heterocycles. The van der Waals surface area contributed by atoms with Crippen LogP contribution in [0.4, 0.5) is 14.9 Å². The standard InChI is InChI=1S/C22H20FN5O3/c1-12(29)27-20-10-28(21(30)31-20)14-3-4-15(18(23)6-14)13-2-5-19(26-7-13)22(11-24)16-8-25-9-17(16)22/h2-7,16-17,20,25H,8-10H2,1H3,(H,27,29)/t16-,17+,20?,22+. The van der Waals surface area contributed by atoms with Crippen LogP contribution in [0.3, 0.4) is 0 Å². The van der Waals surface area contributed by atoms with E-state index in [1.54, 1.807) is 30.5 Å². The molecule has 9 heteroatoms. The van der Waals surface area contributed by atoms with Crippen LogP contribution in [0.5, 0.6) is 0 Å². The second-order valence-electron chi connectivity index (χ2n) is 8.13. The lowest BCUT2D eigenvalue weighted by atomic mass is 9.96. The number of nitrogens with zero attached hydrogens (tertiary/aromatic N) is 3. The Morgan fingerprint density at radius 3 is 2.74 bits per heavy atom. The first-order valence-electron chi connectivity index (χ1n) is 10.1. The van der Waals surface area contributed by atoms with Gasteiger partial charge in [0, 0.05) is 49.2 Å². The summed E-state index contributed by atoms with van der Waals surface area (Å²) in [7, 11) is 0. The van der Waals surface area contributed by atoms with E-state index >= 15 is 0 Å². The minimum Gasteiger partial charge on any atom is -0.423 e. The van der Waals surface area contributed by atoms with E-state index in [0.29, 0.717) is 16.8 Å². The number of anilines is 1. The van der Waals surface area contributed by atoms with Crippen LogP contribution in [0.1, 0.15) is 12.6 Å². The fourth-order valence-corrected chi connectivity index (χ4v) is 4.82. The number of ether oxygens (including phenoxy) is 1. The smallest absolute Gasteiger partial charge is 0.416 e. The van der Waals surface area contributed by atoms with Gasteiger partial charge in [-0.1, -0.05) is 6.07 Å². The highest BCUT2D eigenvalue weighted by molar-refractivity contribution is 5.90. The van der Waals surface area contributed by atoms with Gasteiger partial charge in [-0.05, 0) is 24.3 Å². The summed E-state index contributed by atoms with van der Waals surface area (Å²) >= 11 is 0. The van der Waals surface area contributed by atoms with E-state index < -0.39 is 23.6 Å². The number of hydrogen-bond acceptors (Lipinski definition) is 6. The van der Waals surface area contributed by atoms with Gasteiger partial charge in [-0.2, -0.15) is 5.26 Å². The number of amides is 2. The number of carbonyl (C=O) groups is 2. The van der Waals surface area contributed by atoms with Gasteiger partial charge in [0.05, 0.1) is 24.0 Å². The molecule has 8 nitrogen and oxygen atoms in total. The van der Waals surface area contributed by atoms with Gasteiger partial charge in [0.2, 0.25) is 5.91 Å². The number of hydrogen-bond donors (Lipinski definition) is 2. The SMILES string of the molecule is CC(=O)NC1CN(c2ccc(-c3ccc([C@@]4(C#N)[C@@H]5CNC[C@@H]54)nc3)c(F)c2)C(=O)O1. The molecule has 1 aromatic carbocycles. The highest BCUT2D eigenvalue weighted by atomic mass is 19.1. The van der Waals surface area contributed by atoms with Crippen LogP contribution in [-0.4, -0.2) is 42.8 Å². The van der Waals surface area contributed by atoms with Crippen molar-refractivity contribution in [1.29, 1.82) is 5.26 Å². The Bertz CT molecular complexity index is 1100. The third-order valence-corrected chi connectivity index (χ3v) is 6.40. The molecule has 5 rings (SSSR count). The monoisotopic (exact) mass is 421 g/mol. The minimum absolute atomic E-state index is 0.0981. The largest absolute Gasteiger partial charge is 0.423 e. The number of nitriles is 1. The van der Waals surface area contributed by atoms with Gasteiger partial charge in [-0.15, -0.1) is 0 Å². The molecule has 4 atom stereocenters. The van der Waals surface area contributed by atoms with Crippen molar-refractivity contribution in [3.05, 3.63) is 48.0 Å². The summed E-state index contributed by atoms with van der Waals surface area (Å²) in [6.45, 7) is 3.06. The summed E-state index contributed by atoms with van der Waals surface area (Å²) in [6, 6.07) is 10.5. The van der Waals surface area contributed by atoms with Crippen LogP contribution in [0, 0.1) is 29.0 Å². The molecule has 2 amide bonds. The zero-order chi connectivity index (χ0) is 21.8. The van der Waals surface area contributed by atoms with Crippen LogP contribution in [0.25, 0.3) is 11.1 Å². The van der Waals surface area contributed by atoms with E-state index in [9.17, 15) is 19.2 Å². The number of carbonyl (C=O) groups excluding carboxylic acids is 2. The van der Waals surface area contributed by atoms with Crippen molar-refractivity contribution in [1.82, 2.24) is 15.6 Å². The topological polar surface area (TPSA) is 107 Å². The molecular weight excluding hydrogens is 401 g/mol. The van der Waals surface area contributed by atoms with E-state index in [2.05, 4.69) is 21.7 Å². The molecule has 3 fully saturated rings. The Hall–Kier alpha value is -3.51. The number of pyridine rings is 1. The molecule has 0 radical (unpaired) electrons. The molecule has 3 aliphatic rings. The Morgan fingerprint density at radius 2 is 2.13 bits per heavy atom. The van der Waals surface area contributed by atoms with E-state index in [0.717, 1.165) is 18.8 Å². The van der Waals surface area contributed by atoms with E-state index in [4.69, 9.17) is 4.74 Å². The molecule has 1 aliphatic carbocycles. The van der Waals surface area contributed by atoms with Gasteiger partial charge in [-0.25, -0.2) is 9.18 Å². The predicted octanol–water partition coefficient (Wildman–Crippen LogP) is 1.92. The van der Waals surface area contributed by atoms with Crippen molar-refractivity contribution in [3.8, 4) is 17.2 Å². The van der Waals surface area contributed by atoms with Crippen LogP contribution in [0.15, 0.2) is 36.5 Å². The highest BCUT2D eigenvalue weighted by Crippen LogP contribution is 2.60. The quantitative estimate of drug-likeness (QED) is 0.781. The lowest BCUT2D eigenvalue weighted by Crippen LogP contribution is -2.36. The number of rotatable bonds is 4. The van der Waals surface area contributed by atoms with Crippen molar-refractivity contribution in [2.75, 3.05) is 24.5 Å². The second kappa shape index (κ2) is 7.03. The summed E-state index contributed by atoms with van der Waals surface area (Å²) in [4.78, 5) is 29.0. The molecule has 2 aliphatic heterocycles. The summed E-state index contributed by atoms with van der Waals surface area (Å²) in [6.07, 6.45) is 0.169. The Kier molecular flexibility index (Phi) is 4.41. The van der Waals surface area contributed by atoms with Crippen LogP contribution in [-0.2, 0) is 14.9 Å². The van der Waals surface area contributed by atoms with Gasteiger partial charge in [0.25, 0.3) is 0 Å². The zero-order valence-electron chi connectivity index (χ0n) is 16.8. The molecule has 31 heavy (non-hydrogen) atoms. The van der Waals surface area contributed by atoms with E-state index in [-0.39, 0.29) is 24.3 Å². The van der Waals surface area contributed by atoms with Gasteiger partial charge < -0.3 is 15.4 Å². The molecule has 2 N–H and O–H groups in total. The predicted molar refractivity (Wildman–Crippen MR) is 108 cm³/mol. The van der Waals surface area contributed by atoms with Gasteiger partial charge in [0.15, 0.2) is 6.23 Å². The summed E-state index contributed by atoms with van der Waals surface area (Å²) in [5, 5.41) is 15.5. The fraction of sp³-hybridized carbons (Fsp3) is 0.364. The van der Waals surface area contributed by atoms with E-state index in [1.807, 2.05) is 0 Å². The summed E-state index contributed by atoms with van der Waals surface area (Å²) in [5.41, 5.74) is 1.47. The Balaban J connectivity index is 1.36. The number of aromatic nitrogens is 1. The molecule has 3 heterocycles. The Morgan fingerprint density at radius 1 is 1.35 bits per heavy atom. The average molecular weight is 421 g/mol. The number of cyclic esters (lactones) is 1. The summed E-state index contributed by atoms with van der Waals surface area (Å²) < 4.78 is 20.0. The first-order chi connectivity index (χ1) is 14.9. The molecule has 0 spiro atoms. The molecule has 0 bridgehead atoms. The highest BCUT2D eigenvalue weighted by Gasteiger charge is 2.69. The van der Waals surface area contributed by atoms with Crippen molar-refractivity contribution in [2.45, 2.75) is 18.6 Å². The first kappa shape index (κ1) is 19.5. The molecule has 1 aromatic heterocycles. The van der Waals surface area contributed by atoms with Gasteiger partial charge in [-0.3, -0.25) is 14.7 Å². The average Bonchev–Trinajstić information content (AvgIpc) is 3.04. The number of halogens is 1. The maximum atomic E-state index is 14.9. The maximum absolute atomic E-state index is 14.9. The third kappa shape index (κ3) is 3.02. The maximum Gasteiger partial charge on any atom is 0.416 e. The van der Waals surface area contributed by atoms with Crippen LogP contribution >= 0.6 is 0 Å². The molecule has 1 saturated carbocycles. The van der Waals surface area contributed by atoms with Crippen LogP contribution in [0.2, 0.25) is 0 Å². The number of benzene rings is 1. The first-order valence-corrected chi connectivity index (χ1v) is 10.1. The van der Waals surface area contributed by atoms with Crippen LogP contribution < -0.4 is 15.5 Å². The lowest BCUT2D eigenvalue weighted by Gasteiger charge is -2.15. The number of piperidine rings is 1. The van der Waals surface area contributed by atoms with Crippen molar-refractivity contribution < 1.29 is 18.7 Å². The van der Waals surface area contributed by atoms with Gasteiger partial charge in [0.1, 0.15) is 11.2 Å². The van der Waals surface area contributed by atoms with Crippen molar-refractivity contribution in [3.63, 3.8) is 0 Å². The lowest BCUT2D eigenvalue weighted by molar-refractivity contribution is -0.121. The molecule has 158 valence electrons. The van der Waals surface area contributed by atoms with Crippen molar-refractivity contribution in [2.24, 2.45) is 11.8 Å². The normalized spacial score (nSPS) is 28.6. The number of fused-ring (bicyclic) bond motifs is 1. The second-order valence-corrected chi connectivity index (χ2v) is 8.13.